The third kappa shape index (κ3) is 1.69. The van der Waals surface area contributed by atoms with Crippen molar-refractivity contribution in [1.82, 2.24) is 9.80 Å². The number of hydrogen-bond donors (Lipinski definition) is 0. The van der Waals surface area contributed by atoms with E-state index in [-0.39, 0.29) is 5.91 Å². The number of carbonyl (C=O) groups excluding carboxylic acids is 1. The zero-order valence-corrected chi connectivity index (χ0v) is 8.78. The summed E-state index contributed by atoms with van der Waals surface area (Å²) < 4.78 is 0. The van der Waals surface area contributed by atoms with Crippen molar-refractivity contribution in [3.63, 3.8) is 0 Å². The Morgan fingerprint density at radius 1 is 1.36 bits per heavy atom. The van der Waals surface area contributed by atoms with Crippen LogP contribution in [0.25, 0.3) is 0 Å². The molecular weight excluding hydrogens is 176 g/mol. The highest BCUT2D eigenvalue weighted by atomic mass is 16.2. The van der Waals surface area contributed by atoms with Crippen LogP contribution in [-0.2, 0) is 4.79 Å². The highest BCUT2D eigenvalue weighted by Gasteiger charge is 2.37. The van der Waals surface area contributed by atoms with Gasteiger partial charge in [0.05, 0.1) is 0 Å². The maximum Gasteiger partial charge on any atom is 0.245 e. The SMILES string of the molecule is C=CC(=O)N1CC2CCN(C)CC2C1. The minimum absolute atomic E-state index is 0.0991. The van der Waals surface area contributed by atoms with Crippen molar-refractivity contribution >= 4 is 5.91 Å². The molecule has 2 fully saturated rings. The summed E-state index contributed by atoms with van der Waals surface area (Å²) in [4.78, 5) is 15.7. The Morgan fingerprint density at radius 3 is 2.79 bits per heavy atom. The predicted molar refractivity (Wildman–Crippen MR) is 55.9 cm³/mol. The quantitative estimate of drug-likeness (QED) is 0.570. The highest BCUT2D eigenvalue weighted by molar-refractivity contribution is 5.87. The summed E-state index contributed by atoms with van der Waals surface area (Å²) in [5, 5.41) is 0. The van der Waals surface area contributed by atoms with Crippen LogP contribution in [0, 0.1) is 11.8 Å². The number of fused-ring (bicyclic) bond motifs is 1. The van der Waals surface area contributed by atoms with Crippen LogP contribution in [0.15, 0.2) is 12.7 Å². The summed E-state index contributed by atoms with van der Waals surface area (Å²) >= 11 is 0. The molecule has 0 radical (unpaired) electrons. The Balaban J connectivity index is 1.98. The van der Waals surface area contributed by atoms with E-state index in [0.29, 0.717) is 5.92 Å². The lowest BCUT2D eigenvalue weighted by atomic mass is 9.89. The van der Waals surface area contributed by atoms with Gasteiger partial charge in [0.15, 0.2) is 0 Å². The van der Waals surface area contributed by atoms with E-state index in [0.717, 1.165) is 25.6 Å². The molecule has 0 N–H and O–H groups in total. The minimum atomic E-state index is 0.0991. The van der Waals surface area contributed by atoms with Gasteiger partial charge in [-0.05, 0) is 37.9 Å². The first-order valence-electron chi connectivity index (χ1n) is 5.30. The Morgan fingerprint density at radius 2 is 2.07 bits per heavy atom. The topological polar surface area (TPSA) is 23.6 Å². The molecule has 2 unspecified atom stereocenters. The maximum absolute atomic E-state index is 11.4. The molecule has 0 aliphatic carbocycles. The average molecular weight is 194 g/mol. The monoisotopic (exact) mass is 194 g/mol. The van der Waals surface area contributed by atoms with Crippen molar-refractivity contribution in [2.75, 3.05) is 33.2 Å². The Hall–Kier alpha value is -0.830. The highest BCUT2D eigenvalue weighted by Crippen LogP contribution is 2.30. The average Bonchev–Trinajstić information content (AvgIpc) is 2.59. The largest absolute Gasteiger partial charge is 0.339 e. The second kappa shape index (κ2) is 3.73. The van der Waals surface area contributed by atoms with E-state index in [1.165, 1.54) is 19.0 Å². The number of rotatable bonds is 1. The number of likely N-dealkylation sites (tertiary alicyclic amines) is 2. The first-order valence-corrected chi connectivity index (χ1v) is 5.30. The van der Waals surface area contributed by atoms with Crippen molar-refractivity contribution < 1.29 is 4.79 Å². The summed E-state index contributed by atoms with van der Waals surface area (Å²) in [5.74, 6) is 1.52. The molecule has 14 heavy (non-hydrogen) atoms. The summed E-state index contributed by atoms with van der Waals surface area (Å²) in [5.41, 5.74) is 0. The molecule has 0 bridgehead atoms. The van der Waals surface area contributed by atoms with Gasteiger partial charge < -0.3 is 9.80 Å². The smallest absolute Gasteiger partial charge is 0.245 e. The molecule has 3 nitrogen and oxygen atoms in total. The molecule has 2 aliphatic heterocycles. The van der Waals surface area contributed by atoms with Crippen LogP contribution in [0.2, 0.25) is 0 Å². The molecule has 0 saturated carbocycles. The third-order valence-corrected chi connectivity index (χ3v) is 3.49. The third-order valence-electron chi connectivity index (χ3n) is 3.49. The molecule has 2 aliphatic rings. The fourth-order valence-electron chi connectivity index (χ4n) is 2.66. The van der Waals surface area contributed by atoms with Crippen molar-refractivity contribution in [3.8, 4) is 0 Å². The van der Waals surface area contributed by atoms with Gasteiger partial charge in [0.2, 0.25) is 5.91 Å². The number of nitrogens with zero attached hydrogens (tertiary/aromatic N) is 2. The van der Waals surface area contributed by atoms with E-state index in [1.807, 2.05) is 4.90 Å². The van der Waals surface area contributed by atoms with Crippen LogP contribution in [-0.4, -0.2) is 48.9 Å². The van der Waals surface area contributed by atoms with Crippen LogP contribution >= 0.6 is 0 Å². The van der Waals surface area contributed by atoms with Gasteiger partial charge in [-0.3, -0.25) is 4.79 Å². The van der Waals surface area contributed by atoms with Gasteiger partial charge in [-0.15, -0.1) is 0 Å². The predicted octanol–water partition coefficient (Wildman–Crippen LogP) is 0.583. The fraction of sp³-hybridized carbons (Fsp3) is 0.727. The molecule has 0 spiro atoms. The zero-order chi connectivity index (χ0) is 10.1. The lowest BCUT2D eigenvalue weighted by Crippen LogP contribution is -2.37. The Labute approximate surface area is 85.4 Å². The summed E-state index contributed by atoms with van der Waals surface area (Å²) in [6.07, 6.45) is 2.67. The number of amides is 1. The number of carbonyl (C=O) groups is 1. The second-order valence-electron chi connectivity index (χ2n) is 4.52. The summed E-state index contributed by atoms with van der Waals surface area (Å²) in [6.45, 7) is 7.74. The molecule has 0 aromatic heterocycles. The van der Waals surface area contributed by atoms with Gasteiger partial charge in [-0.25, -0.2) is 0 Å². The van der Waals surface area contributed by atoms with E-state index >= 15 is 0 Å². The molecule has 0 aromatic rings. The summed E-state index contributed by atoms with van der Waals surface area (Å²) in [6, 6.07) is 0. The molecule has 78 valence electrons. The minimum Gasteiger partial charge on any atom is -0.339 e. The fourth-order valence-corrected chi connectivity index (χ4v) is 2.66. The Kier molecular flexibility index (Phi) is 2.59. The molecular formula is C11H18N2O. The van der Waals surface area contributed by atoms with E-state index in [4.69, 9.17) is 0 Å². The van der Waals surface area contributed by atoms with Crippen LogP contribution in [0.4, 0.5) is 0 Å². The van der Waals surface area contributed by atoms with E-state index in [9.17, 15) is 4.79 Å². The van der Waals surface area contributed by atoms with Gasteiger partial charge in [0.25, 0.3) is 0 Å². The number of piperidine rings is 1. The molecule has 2 rings (SSSR count). The number of hydrogen-bond acceptors (Lipinski definition) is 2. The molecule has 3 heteroatoms. The Bertz CT molecular complexity index is 252. The van der Waals surface area contributed by atoms with Crippen LogP contribution in [0.3, 0.4) is 0 Å². The van der Waals surface area contributed by atoms with E-state index < -0.39 is 0 Å². The normalized spacial score (nSPS) is 32.8. The van der Waals surface area contributed by atoms with Crippen molar-refractivity contribution in [2.24, 2.45) is 11.8 Å². The van der Waals surface area contributed by atoms with Crippen molar-refractivity contribution in [1.29, 1.82) is 0 Å². The molecule has 2 atom stereocenters. The van der Waals surface area contributed by atoms with Crippen LogP contribution < -0.4 is 0 Å². The second-order valence-corrected chi connectivity index (χ2v) is 4.52. The van der Waals surface area contributed by atoms with Crippen LogP contribution in [0.1, 0.15) is 6.42 Å². The van der Waals surface area contributed by atoms with Crippen molar-refractivity contribution in [3.05, 3.63) is 12.7 Å². The van der Waals surface area contributed by atoms with Gasteiger partial charge in [0, 0.05) is 19.6 Å². The van der Waals surface area contributed by atoms with Crippen LogP contribution in [0.5, 0.6) is 0 Å². The zero-order valence-electron chi connectivity index (χ0n) is 8.78. The first kappa shape index (κ1) is 9.71. The van der Waals surface area contributed by atoms with Crippen molar-refractivity contribution in [2.45, 2.75) is 6.42 Å². The first-order chi connectivity index (χ1) is 6.70. The van der Waals surface area contributed by atoms with Gasteiger partial charge in [-0.1, -0.05) is 6.58 Å². The van der Waals surface area contributed by atoms with Gasteiger partial charge >= 0.3 is 0 Å². The summed E-state index contributed by atoms with van der Waals surface area (Å²) in [7, 11) is 2.16. The maximum atomic E-state index is 11.4. The van der Waals surface area contributed by atoms with Gasteiger partial charge in [0.1, 0.15) is 0 Å². The lowest BCUT2D eigenvalue weighted by Gasteiger charge is -2.31. The molecule has 1 amide bonds. The molecule has 2 heterocycles. The molecule has 2 saturated heterocycles. The molecule has 0 aromatic carbocycles. The lowest BCUT2D eigenvalue weighted by molar-refractivity contribution is -0.125. The van der Waals surface area contributed by atoms with E-state index in [1.54, 1.807) is 0 Å². The van der Waals surface area contributed by atoms with Gasteiger partial charge in [-0.2, -0.15) is 0 Å². The standard InChI is InChI=1S/C11H18N2O/c1-3-11(14)13-7-9-4-5-12(2)6-10(9)8-13/h3,9-10H,1,4-8H2,2H3. The van der Waals surface area contributed by atoms with E-state index in [2.05, 4.69) is 18.5 Å².